The Morgan fingerprint density at radius 1 is 1.48 bits per heavy atom. The van der Waals surface area contributed by atoms with Gasteiger partial charge in [0, 0.05) is 30.8 Å². The van der Waals surface area contributed by atoms with Gasteiger partial charge in [-0.15, -0.1) is 6.58 Å². The third-order valence-electron chi connectivity index (χ3n) is 3.24. The molecule has 0 aliphatic heterocycles. The van der Waals surface area contributed by atoms with E-state index in [-0.39, 0.29) is 12.5 Å². The van der Waals surface area contributed by atoms with Crippen molar-refractivity contribution in [2.45, 2.75) is 25.4 Å². The zero-order valence-corrected chi connectivity index (χ0v) is 12.4. The molecule has 2 rings (SSSR count). The number of hydrogen-bond donors (Lipinski definition) is 2. The molecule has 1 saturated carbocycles. The maximum Gasteiger partial charge on any atom is 0.258 e. The van der Waals surface area contributed by atoms with Crippen LogP contribution in [0.3, 0.4) is 0 Å². The normalized spacial score (nSPS) is 13.6. The van der Waals surface area contributed by atoms with Crippen LogP contribution in [0.5, 0.6) is 11.5 Å². The van der Waals surface area contributed by atoms with E-state index >= 15 is 0 Å². The molecule has 2 N–H and O–H groups in total. The number of ether oxygens (including phenoxy) is 2. The average Bonchev–Trinajstić information content (AvgIpc) is 3.33. The van der Waals surface area contributed by atoms with Crippen LogP contribution in [0.15, 0.2) is 30.9 Å². The molecule has 114 valence electrons. The minimum Gasteiger partial charge on any atom is -0.497 e. The number of amides is 1. The fraction of sp³-hybridized carbons (Fsp3) is 0.438. The lowest BCUT2D eigenvalue weighted by atomic mass is 10.2. The molecule has 21 heavy (non-hydrogen) atoms. The van der Waals surface area contributed by atoms with Crippen molar-refractivity contribution in [2.75, 3.05) is 20.3 Å². The number of hydrogen-bond acceptors (Lipinski definition) is 4. The minimum atomic E-state index is -0.168. The Kier molecular flexibility index (Phi) is 5.63. The van der Waals surface area contributed by atoms with E-state index in [1.54, 1.807) is 13.2 Å². The zero-order valence-electron chi connectivity index (χ0n) is 12.4. The van der Waals surface area contributed by atoms with Gasteiger partial charge in [0.1, 0.15) is 11.5 Å². The van der Waals surface area contributed by atoms with Gasteiger partial charge in [0.2, 0.25) is 0 Å². The Morgan fingerprint density at radius 2 is 2.29 bits per heavy atom. The topological polar surface area (TPSA) is 59.6 Å². The Balaban J connectivity index is 1.95. The van der Waals surface area contributed by atoms with Crippen LogP contribution in [-0.4, -0.2) is 32.2 Å². The number of benzene rings is 1. The first kappa shape index (κ1) is 15.4. The van der Waals surface area contributed by atoms with Gasteiger partial charge in [-0.25, -0.2) is 0 Å². The highest BCUT2D eigenvalue weighted by Gasteiger charge is 2.20. The molecule has 0 bridgehead atoms. The zero-order chi connectivity index (χ0) is 15.1. The lowest BCUT2D eigenvalue weighted by molar-refractivity contribution is -0.122. The lowest BCUT2D eigenvalue weighted by Gasteiger charge is -2.13. The SMILES string of the molecule is C=CCNC(=O)COc1cc(OC)ccc1CNC1CC1. The Labute approximate surface area is 125 Å². The van der Waals surface area contributed by atoms with Gasteiger partial charge in [-0.3, -0.25) is 4.79 Å². The third kappa shape index (κ3) is 5.11. The van der Waals surface area contributed by atoms with Crippen molar-refractivity contribution in [1.29, 1.82) is 0 Å². The van der Waals surface area contributed by atoms with E-state index < -0.39 is 0 Å². The number of nitrogens with one attached hydrogen (secondary N) is 2. The van der Waals surface area contributed by atoms with Crippen LogP contribution in [0.1, 0.15) is 18.4 Å². The van der Waals surface area contributed by atoms with Crippen LogP contribution in [0.4, 0.5) is 0 Å². The van der Waals surface area contributed by atoms with E-state index in [2.05, 4.69) is 17.2 Å². The highest BCUT2D eigenvalue weighted by atomic mass is 16.5. The molecule has 0 saturated heterocycles. The molecule has 0 aromatic heterocycles. The monoisotopic (exact) mass is 290 g/mol. The second-order valence-electron chi connectivity index (χ2n) is 5.01. The molecule has 1 amide bonds. The maximum absolute atomic E-state index is 11.6. The van der Waals surface area contributed by atoms with Gasteiger partial charge in [-0.1, -0.05) is 12.1 Å². The molecule has 5 heteroatoms. The summed E-state index contributed by atoms with van der Waals surface area (Å²) in [6, 6.07) is 6.29. The Hall–Kier alpha value is -2.01. The molecule has 0 heterocycles. The van der Waals surface area contributed by atoms with Gasteiger partial charge in [-0.05, 0) is 18.9 Å². The quantitative estimate of drug-likeness (QED) is 0.679. The van der Waals surface area contributed by atoms with E-state index in [0.717, 1.165) is 12.1 Å². The van der Waals surface area contributed by atoms with Crippen molar-refractivity contribution in [3.05, 3.63) is 36.4 Å². The predicted molar refractivity (Wildman–Crippen MR) is 81.6 cm³/mol. The smallest absolute Gasteiger partial charge is 0.258 e. The van der Waals surface area contributed by atoms with E-state index in [1.165, 1.54) is 12.8 Å². The van der Waals surface area contributed by atoms with Crippen molar-refractivity contribution in [3.63, 3.8) is 0 Å². The van der Waals surface area contributed by atoms with Gasteiger partial charge in [-0.2, -0.15) is 0 Å². The number of carbonyl (C=O) groups excluding carboxylic acids is 1. The molecule has 0 radical (unpaired) electrons. The number of rotatable bonds is 9. The minimum absolute atomic E-state index is 0.0164. The van der Waals surface area contributed by atoms with Crippen molar-refractivity contribution in [1.82, 2.24) is 10.6 Å². The summed E-state index contributed by atoms with van der Waals surface area (Å²) < 4.78 is 10.8. The van der Waals surface area contributed by atoms with E-state index in [1.807, 2.05) is 18.2 Å². The summed E-state index contributed by atoms with van der Waals surface area (Å²) in [4.78, 5) is 11.6. The van der Waals surface area contributed by atoms with Gasteiger partial charge in [0.25, 0.3) is 5.91 Å². The molecule has 5 nitrogen and oxygen atoms in total. The second-order valence-corrected chi connectivity index (χ2v) is 5.01. The van der Waals surface area contributed by atoms with Crippen LogP contribution in [0, 0.1) is 0 Å². The molecule has 1 aromatic rings. The average molecular weight is 290 g/mol. The molecule has 1 aromatic carbocycles. The summed E-state index contributed by atoms with van der Waals surface area (Å²) in [6.07, 6.45) is 4.10. The van der Waals surface area contributed by atoms with E-state index in [9.17, 15) is 4.79 Å². The van der Waals surface area contributed by atoms with Crippen molar-refractivity contribution < 1.29 is 14.3 Å². The van der Waals surface area contributed by atoms with Crippen LogP contribution in [0.2, 0.25) is 0 Å². The highest BCUT2D eigenvalue weighted by Crippen LogP contribution is 2.26. The standard InChI is InChI=1S/C16H22N2O3/c1-3-8-17-16(19)11-21-15-9-14(20-2)7-4-12(15)10-18-13-5-6-13/h3-4,7,9,13,18H,1,5-6,8,10-11H2,2H3,(H,17,19). The fourth-order valence-electron chi connectivity index (χ4n) is 1.86. The van der Waals surface area contributed by atoms with Gasteiger partial charge in [0.05, 0.1) is 7.11 Å². The molecule has 0 spiro atoms. The fourth-order valence-corrected chi connectivity index (χ4v) is 1.86. The molecular weight excluding hydrogens is 268 g/mol. The second kappa shape index (κ2) is 7.69. The number of methoxy groups -OCH3 is 1. The van der Waals surface area contributed by atoms with Gasteiger partial charge < -0.3 is 20.1 Å². The van der Waals surface area contributed by atoms with E-state index in [4.69, 9.17) is 9.47 Å². The third-order valence-corrected chi connectivity index (χ3v) is 3.24. The van der Waals surface area contributed by atoms with E-state index in [0.29, 0.717) is 24.1 Å². The van der Waals surface area contributed by atoms with Gasteiger partial charge in [0.15, 0.2) is 6.61 Å². The van der Waals surface area contributed by atoms with Crippen LogP contribution in [-0.2, 0) is 11.3 Å². The van der Waals surface area contributed by atoms with Crippen molar-refractivity contribution >= 4 is 5.91 Å². The van der Waals surface area contributed by atoms with Crippen LogP contribution >= 0.6 is 0 Å². The molecule has 1 aliphatic rings. The van der Waals surface area contributed by atoms with Crippen LogP contribution < -0.4 is 20.1 Å². The molecule has 1 fully saturated rings. The summed E-state index contributed by atoms with van der Waals surface area (Å²) in [5, 5.41) is 6.12. The predicted octanol–water partition coefficient (Wildman–Crippen LogP) is 1.63. The molecule has 0 atom stereocenters. The Morgan fingerprint density at radius 3 is 2.95 bits per heavy atom. The first-order valence-electron chi connectivity index (χ1n) is 7.13. The van der Waals surface area contributed by atoms with Crippen LogP contribution in [0.25, 0.3) is 0 Å². The first-order valence-corrected chi connectivity index (χ1v) is 7.13. The van der Waals surface area contributed by atoms with Crippen molar-refractivity contribution in [3.8, 4) is 11.5 Å². The summed E-state index contributed by atoms with van der Waals surface area (Å²) in [5.41, 5.74) is 1.03. The first-order chi connectivity index (χ1) is 10.2. The van der Waals surface area contributed by atoms with Crippen molar-refractivity contribution in [2.24, 2.45) is 0 Å². The van der Waals surface area contributed by atoms with Gasteiger partial charge >= 0.3 is 0 Å². The lowest BCUT2D eigenvalue weighted by Crippen LogP contribution is -2.29. The summed E-state index contributed by atoms with van der Waals surface area (Å²) in [5.74, 6) is 1.22. The number of carbonyl (C=O) groups is 1. The summed E-state index contributed by atoms with van der Waals surface area (Å²) in [7, 11) is 1.61. The summed E-state index contributed by atoms with van der Waals surface area (Å²) >= 11 is 0. The molecule has 0 unspecified atom stereocenters. The molecule has 1 aliphatic carbocycles. The summed E-state index contributed by atoms with van der Waals surface area (Å²) in [6.45, 7) is 4.71. The molecular formula is C16H22N2O3. The Bertz CT molecular complexity index is 498. The maximum atomic E-state index is 11.6. The largest absolute Gasteiger partial charge is 0.497 e. The highest BCUT2D eigenvalue weighted by molar-refractivity contribution is 5.77.